The molecule has 2 aliphatic carbocycles. The fraction of sp³-hybridized carbons (Fsp3) is 0.500. The molecule has 1 heterocycles. The maximum atomic E-state index is 13.0. The first-order chi connectivity index (χ1) is 8.04. The zero-order valence-corrected chi connectivity index (χ0v) is 8.88. The molecule has 0 aromatic carbocycles. The van der Waals surface area contributed by atoms with Crippen LogP contribution in [0.2, 0.25) is 0 Å². The largest absolute Gasteiger partial charge is 0.418 e. The molecule has 1 aromatic heterocycles. The summed E-state index contributed by atoms with van der Waals surface area (Å²) in [6.45, 7) is 0. The van der Waals surface area contributed by atoms with Gasteiger partial charge in [-0.3, -0.25) is 4.98 Å². The molecular weight excluding hydrogens is 229 g/mol. The standard InChI is InChI=1S/C12H9F3N2/c13-12(14,15)10-6(4-16)5-17-11-8-3-1-2-7(8)9(10)11/h5,7-8H,1-3H2. The Bertz CT molecular complexity index is 528. The van der Waals surface area contributed by atoms with Gasteiger partial charge in [-0.15, -0.1) is 0 Å². The van der Waals surface area contributed by atoms with Crippen molar-refractivity contribution in [1.29, 1.82) is 5.26 Å². The maximum absolute atomic E-state index is 13.0. The molecule has 1 fully saturated rings. The van der Waals surface area contributed by atoms with Crippen LogP contribution in [0.15, 0.2) is 6.20 Å². The molecule has 5 heteroatoms. The quantitative estimate of drug-likeness (QED) is 0.695. The van der Waals surface area contributed by atoms with E-state index in [9.17, 15) is 13.2 Å². The molecule has 2 unspecified atom stereocenters. The Hall–Kier alpha value is -1.57. The van der Waals surface area contributed by atoms with Crippen LogP contribution in [0.5, 0.6) is 0 Å². The van der Waals surface area contributed by atoms with Gasteiger partial charge >= 0.3 is 6.18 Å². The molecular formula is C12H9F3N2. The van der Waals surface area contributed by atoms with E-state index in [0.717, 1.165) is 25.5 Å². The minimum Gasteiger partial charge on any atom is -0.259 e. The van der Waals surface area contributed by atoms with Gasteiger partial charge in [0, 0.05) is 17.8 Å². The monoisotopic (exact) mass is 238 g/mol. The SMILES string of the molecule is N#Cc1cnc2c(c1C(F)(F)F)C1CCCC21. The van der Waals surface area contributed by atoms with E-state index in [1.54, 1.807) is 6.07 Å². The normalized spacial score (nSPS) is 25.8. The van der Waals surface area contributed by atoms with Crippen LogP contribution in [0, 0.1) is 11.3 Å². The van der Waals surface area contributed by atoms with Crippen molar-refractivity contribution in [3.8, 4) is 6.07 Å². The second kappa shape index (κ2) is 3.22. The van der Waals surface area contributed by atoms with Gasteiger partial charge in [-0.05, 0) is 24.3 Å². The van der Waals surface area contributed by atoms with Gasteiger partial charge in [0.25, 0.3) is 0 Å². The molecule has 3 rings (SSSR count). The number of aromatic nitrogens is 1. The number of nitriles is 1. The number of hydrogen-bond acceptors (Lipinski definition) is 2. The molecule has 2 nitrogen and oxygen atoms in total. The number of halogens is 3. The molecule has 0 bridgehead atoms. The first-order valence-electron chi connectivity index (χ1n) is 5.54. The topological polar surface area (TPSA) is 36.7 Å². The lowest BCUT2D eigenvalue weighted by Gasteiger charge is -2.36. The third-order valence-corrected chi connectivity index (χ3v) is 3.79. The first-order valence-corrected chi connectivity index (χ1v) is 5.54. The Morgan fingerprint density at radius 2 is 2.00 bits per heavy atom. The number of nitrogens with zero attached hydrogens (tertiary/aromatic N) is 2. The maximum Gasteiger partial charge on any atom is 0.418 e. The molecule has 1 saturated carbocycles. The van der Waals surface area contributed by atoms with Crippen LogP contribution < -0.4 is 0 Å². The van der Waals surface area contributed by atoms with E-state index in [0.29, 0.717) is 11.3 Å². The number of alkyl halides is 3. The Morgan fingerprint density at radius 3 is 2.65 bits per heavy atom. The van der Waals surface area contributed by atoms with Crippen LogP contribution in [-0.4, -0.2) is 4.98 Å². The highest BCUT2D eigenvalue weighted by Crippen LogP contribution is 2.58. The molecule has 88 valence electrons. The van der Waals surface area contributed by atoms with E-state index >= 15 is 0 Å². The van der Waals surface area contributed by atoms with Gasteiger partial charge in [0.05, 0.1) is 11.1 Å². The van der Waals surface area contributed by atoms with Gasteiger partial charge in [0.1, 0.15) is 6.07 Å². The third-order valence-electron chi connectivity index (χ3n) is 3.79. The highest BCUT2D eigenvalue weighted by atomic mass is 19.4. The molecule has 0 aliphatic heterocycles. The smallest absolute Gasteiger partial charge is 0.259 e. The van der Waals surface area contributed by atoms with Crippen molar-refractivity contribution in [2.75, 3.05) is 0 Å². The second-order valence-corrected chi connectivity index (χ2v) is 4.60. The van der Waals surface area contributed by atoms with E-state index in [1.165, 1.54) is 0 Å². The summed E-state index contributed by atoms with van der Waals surface area (Å²) in [6, 6.07) is 1.60. The highest BCUT2D eigenvalue weighted by molar-refractivity contribution is 5.54. The van der Waals surface area contributed by atoms with Gasteiger partial charge in [-0.1, -0.05) is 6.42 Å². The molecule has 2 aliphatic rings. The van der Waals surface area contributed by atoms with Crippen molar-refractivity contribution >= 4 is 0 Å². The lowest BCUT2D eigenvalue weighted by molar-refractivity contribution is -0.139. The van der Waals surface area contributed by atoms with Crippen LogP contribution in [0.1, 0.15) is 53.5 Å². The summed E-state index contributed by atoms with van der Waals surface area (Å²) >= 11 is 0. The predicted molar refractivity (Wildman–Crippen MR) is 53.3 cm³/mol. The zero-order valence-electron chi connectivity index (χ0n) is 8.88. The average Bonchev–Trinajstić information content (AvgIpc) is 2.66. The fourth-order valence-corrected chi connectivity index (χ4v) is 3.14. The van der Waals surface area contributed by atoms with Crippen molar-refractivity contribution in [2.45, 2.75) is 37.3 Å². The first kappa shape index (κ1) is 10.6. The zero-order chi connectivity index (χ0) is 12.2. The summed E-state index contributed by atoms with van der Waals surface area (Å²) in [4.78, 5) is 4.03. The molecule has 1 aromatic rings. The second-order valence-electron chi connectivity index (χ2n) is 4.60. The minimum absolute atomic E-state index is 0.0255. The summed E-state index contributed by atoms with van der Waals surface area (Å²) in [5, 5.41) is 8.77. The molecule has 0 amide bonds. The Balaban J connectivity index is 2.23. The van der Waals surface area contributed by atoms with Crippen LogP contribution in [-0.2, 0) is 6.18 Å². The van der Waals surface area contributed by atoms with E-state index < -0.39 is 11.7 Å². The summed E-state index contributed by atoms with van der Waals surface area (Å²) in [7, 11) is 0. The molecule has 0 radical (unpaired) electrons. The minimum atomic E-state index is -4.45. The lowest BCUT2D eigenvalue weighted by atomic mass is 9.70. The van der Waals surface area contributed by atoms with Gasteiger partial charge in [-0.2, -0.15) is 18.4 Å². The predicted octanol–water partition coefficient (Wildman–Crippen LogP) is 3.34. The Morgan fingerprint density at radius 1 is 1.29 bits per heavy atom. The number of hydrogen-bond donors (Lipinski definition) is 0. The van der Waals surface area contributed by atoms with Gasteiger partial charge in [0.2, 0.25) is 0 Å². The molecule has 0 saturated heterocycles. The Labute approximate surface area is 96.1 Å². The number of fused-ring (bicyclic) bond motifs is 4. The van der Waals surface area contributed by atoms with Crippen molar-refractivity contribution < 1.29 is 13.2 Å². The lowest BCUT2D eigenvalue weighted by Crippen LogP contribution is -2.27. The van der Waals surface area contributed by atoms with Crippen LogP contribution in [0.4, 0.5) is 13.2 Å². The van der Waals surface area contributed by atoms with Crippen molar-refractivity contribution in [2.24, 2.45) is 0 Å². The highest BCUT2D eigenvalue weighted by Gasteiger charge is 2.49. The van der Waals surface area contributed by atoms with Crippen molar-refractivity contribution in [3.63, 3.8) is 0 Å². The van der Waals surface area contributed by atoms with E-state index in [-0.39, 0.29) is 17.4 Å². The summed E-state index contributed by atoms with van der Waals surface area (Å²) in [6.07, 6.45) is -0.724. The fourth-order valence-electron chi connectivity index (χ4n) is 3.14. The van der Waals surface area contributed by atoms with E-state index in [4.69, 9.17) is 5.26 Å². The average molecular weight is 238 g/mol. The molecule has 0 N–H and O–H groups in total. The van der Waals surface area contributed by atoms with E-state index in [2.05, 4.69) is 4.98 Å². The Kier molecular flexibility index (Phi) is 2.00. The third kappa shape index (κ3) is 1.30. The van der Waals surface area contributed by atoms with Gasteiger partial charge < -0.3 is 0 Å². The molecule has 0 spiro atoms. The summed E-state index contributed by atoms with van der Waals surface area (Å²) < 4.78 is 39.0. The van der Waals surface area contributed by atoms with E-state index in [1.807, 2.05) is 0 Å². The number of rotatable bonds is 0. The molecule has 17 heavy (non-hydrogen) atoms. The van der Waals surface area contributed by atoms with Gasteiger partial charge in [-0.25, -0.2) is 0 Å². The van der Waals surface area contributed by atoms with Gasteiger partial charge in [0.15, 0.2) is 0 Å². The van der Waals surface area contributed by atoms with Crippen molar-refractivity contribution in [1.82, 2.24) is 4.98 Å². The van der Waals surface area contributed by atoms with Crippen LogP contribution in [0.3, 0.4) is 0 Å². The summed E-state index contributed by atoms with van der Waals surface area (Å²) in [5.74, 6) is 0.168. The number of pyridine rings is 1. The van der Waals surface area contributed by atoms with Crippen LogP contribution in [0.25, 0.3) is 0 Å². The summed E-state index contributed by atoms with van der Waals surface area (Å²) in [5.41, 5.74) is -0.229. The van der Waals surface area contributed by atoms with Crippen LogP contribution >= 0.6 is 0 Å². The van der Waals surface area contributed by atoms with Crippen molar-refractivity contribution in [3.05, 3.63) is 28.6 Å². The molecule has 2 atom stereocenters.